The molecular formula is C18H18F5N3O3S. The molecule has 3 N–H and O–H groups in total. The average molecular weight is 451 g/mol. The van der Waals surface area contributed by atoms with E-state index < -0.39 is 62.7 Å². The Morgan fingerprint density at radius 1 is 0.867 bits per heavy atom. The highest BCUT2D eigenvalue weighted by Crippen LogP contribution is 2.26. The number of anilines is 1. The molecule has 30 heavy (non-hydrogen) atoms. The maximum atomic E-state index is 13.7. The van der Waals surface area contributed by atoms with Crippen molar-refractivity contribution in [3.8, 4) is 0 Å². The fraction of sp³-hybridized carbons (Fsp3) is 0.278. The van der Waals surface area contributed by atoms with Crippen molar-refractivity contribution in [3.63, 3.8) is 0 Å². The van der Waals surface area contributed by atoms with Crippen molar-refractivity contribution < 1.29 is 35.2 Å². The molecule has 0 aromatic heterocycles. The van der Waals surface area contributed by atoms with Gasteiger partial charge in [-0.3, -0.25) is 15.6 Å². The molecule has 164 valence electrons. The van der Waals surface area contributed by atoms with Crippen LogP contribution in [0.4, 0.5) is 27.6 Å². The molecule has 12 heteroatoms. The summed E-state index contributed by atoms with van der Waals surface area (Å²) in [6.07, 6.45) is 0. The van der Waals surface area contributed by atoms with Crippen molar-refractivity contribution in [1.29, 1.82) is 0 Å². The molecule has 2 aromatic carbocycles. The summed E-state index contributed by atoms with van der Waals surface area (Å²) in [5, 5.41) is 0. The van der Waals surface area contributed by atoms with Gasteiger partial charge in [0.1, 0.15) is 11.7 Å². The fourth-order valence-electron chi connectivity index (χ4n) is 2.36. The molecule has 0 aliphatic heterocycles. The monoisotopic (exact) mass is 451 g/mol. The molecule has 1 unspecified atom stereocenters. The van der Waals surface area contributed by atoms with E-state index in [-0.39, 0.29) is 4.90 Å². The summed E-state index contributed by atoms with van der Waals surface area (Å²) in [4.78, 5) is 12.2. The van der Waals surface area contributed by atoms with E-state index in [1.165, 1.54) is 26.0 Å². The lowest BCUT2D eigenvalue weighted by molar-refractivity contribution is -0.123. The number of hydrazine groups is 1. The van der Waals surface area contributed by atoms with Crippen LogP contribution in [0.1, 0.15) is 19.4 Å². The number of carbonyl (C=O) groups is 1. The van der Waals surface area contributed by atoms with Crippen LogP contribution in [0.3, 0.4) is 0 Å². The smallest absolute Gasteiger partial charge is 0.256 e. The number of benzene rings is 2. The van der Waals surface area contributed by atoms with Crippen molar-refractivity contribution in [2.45, 2.75) is 31.7 Å². The predicted molar refractivity (Wildman–Crippen MR) is 98.1 cm³/mol. The van der Waals surface area contributed by atoms with Crippen molar-refractivity contribution in [3.05, 3.63) is 58.9 Å². The second-order valence-corrected chi connectivity index (χ2v) is 8.43. The highest BCUT2D eigenvalue weighted by atomic mass is 32.2. The number of nitrogens with one attached hydrogen (secondary N) is 3. The van der Waals surface area contributed by atoms with Gasteiger partial charge in [-0.05, 0) is 25.0 Å². The minimum absolute atomic E-state index is 0.126. The normalized spacial score (nSPS) is 12.7. The number of sulfonamides is 1. The van der Waals surface area contributed by atoms with Crippen LogP contribution in [0.15, 0.2) is 29.2 Å². The Kier molecular flexibility index (Phi) is 7.03. The van der Waals surface area contributed by atoms with Gasteiger partial charge in [0.25, 0.3) is 5.91 Å². The Balaban J connectivity index is 2.22. The molecule has 1 amide bonds. The zero-order chi connectivity index (χ0) is 22.8. The van der Waals surface area contributed by atoms with Gasteiger partial charge in [0.05, 0.1) is 4.90 Å². The maximum Gasteiger partial charge on any atom is 0.256 e. The summed E-state index contributed by atoms with van der Waals surface area (Å²) >= 11 is 0. The summed E-state index contributed by atoms with van der Waals surface area (Å²) in [7, 11) is -4.14. The third kappa shape index (κ3) is 4.87. The van der Waals surface area contributed by atoms with Gasteiger partial charge in [0.2, 0.25) is 15.8 Å². The van der Waals surface area contributed by atoms with Crippen LogP contribution in [0, 0.1) is 41.9 Å². The van der Waals surface area contributed by atoms with Gasteiger partial charge in [-0.2, -0.15) is 4.72 Å². The standard InChI is InChI=1S/C18H18F5N3O3S/c1-8(2)16(26-30(28,29)10-6-4-9(3)5-7-10)18(27)25-24-17-14(22)12(20)11(19)13(21)15(17)23/h4-8,16,24,26H,1-3H3,(H,25,27). The average Bonchev–Trinajstić information content (AvgIpc) is 2.69. The van der Waals surface area contributed by atoms with Crippen LogP contribution in [0.25, 0.3) is 0 Å². The summed E-state index contributed by atoms with van der Waals surface area (Å²) in [6, 6.07) is 4.30. The zero-order valence-electron chi connectivity index (χ0n) is 16.0. The highest BCUT2D eigenvalue weighted by molar-refractivity contribution is 7.89. The lowest BCUT2D eigenvalue weighted by atomic mass is 10.1. The first-order valence-electron chi connectivity index (χ1n) is 8.53. The number of hydrogen-bond acceptors (Lipinski definition) is 4. The SMILES string of the molecule is Cc1ccc(S(=O)(=O)NC(C(=O)NNc2c(F)c(F)c(F)c(F)c2F)C(C)C)cc1. The predicted octanol–water partition coefficient (Wildman–Crippen LogP) is 3.14. The number of carbonyl (C=O) groups excluding carboxylic acids is 1. The van der Waals surface area contributed by atoms with Crippen molar-refractivity contribution in [2.24, 2.45) is 5.92 Å². The molecule has 2 aromatic rings. The van der Waals surface area contributed by atoms with E-state index in [0.717, 1.165) is 5.56 Å². The van der Waals surface area contributed by atoms with Gasteiger partial charge in [-0.25, -0.2) is 30.4 Å². The first-order chi connectivity index (χ1) is 13.9. The van der Waals surface area contributed by atoms with Crippen LogP contribution in [0.5, 0.6) is 0 Å². The summed E-state index contributed by atoms with van der Waals surface area (Å²) in [6.45, 7) is 4.72. The summed E-state index contributed by atoms with van der Waals surface area (Å²) in [5.74, 6) is -12.9. The van der Waals surface area contributed by atoms with Crippen molar-refractivity contribution in [2.75, 3.05) is 5.43 Å². The van der Waals surface area contributed by atoms with E-state index in [1.807, 2.05) is 0 Å². The second-order valence-electron chi connectivity index (χ2n) is 6.72. The van der Waals surface area contributed by atoms with E-state index >= 15 is 0 Å². The molecule has 0 heterocycles. The first-order valence-corrected chi connectivity index (χ1v) is 10.0. The van der Waals surface area contributed by atoms with Gasteiger partial charge in [0, 0.05) is 0 Å². The Morgan fingerprint density at radius 2 is 1.33 bits per heavy atom. The zero-order valence-corrected chi connectivity index (χ0v) is 16.8. The number of aryl methyl sites for hydroxylation is 1. The topological polar surface area (TPSA) is 87.3 Å². The van der Waals surface area contributed by atoms with Gasteiger partial charge in [0.15, 0.2) is 23.3 Å². The van der Waals surface area contributed by atoms with Gasteiger partial charge >= 0.3 is 0 Å². The van der Waals surface area contributed by atoms with Crippen LogP contribution in [-0.2, 0) is 14.8 Å². The van der Waals surface area contributed by atoms with Crippen LogP contribution >= 0.6 is 0 Å². The maximum absolute atomic E-state index is 13.7. The second kappa shape index (κ2) is 8.96. The highest BCUT2D eigenvalue weighted by Gasteiger charge is 2.30. The lowest BCUT2D eigenvalue weighted by Gasteiger charge is -2.22. The molecule has 0 aliphatic rings. The third-order valence-corrected chi connectivity index (χ3v) is 5.54. The van der Waals surface area contributed by atoms with Gasteiger partial charge < -0.3 is 0 Å². The number of amides is 1. The molecule has 2 rings (SSSR count). The van der Waals surface area contributed by atoms with Crippen LogP contribution in [-0.4, -0.2) is 20.4 Å². The molecule has 0 saturated heterocycles. The third-order valence-electron chi connectivity index (χ3n) is 4.08. The Hall–Kier alpha value is -2.73. The van der Waals surface area contributed by atoms with Gasteiger partial charge in [-0.1, -0.05) is 31.5 Å². The number of hydrogen-bond donors (Lipinski definition) is 3. The van der Waals surface area contributed by atoms with E-state index in [1.54, 1.807) is 29.9 Å². The molecule has 6 nitrogen and oxygen atoms in total. The Bertz CT molecular complexity index is 1030. The van der Waals surface area contributed by atoms with E-state index in [9.17, 15) is 35.2 Å². The molecular weight excluding hydrogens is 433 g/mol. The van der Waals surface area contributed by atoms with Crippen molar-refractivity contribution in [1.82, 2.24) is 10.1 Å². The molecule has 0 radical (unpaired) electrons. The molecule has 0 spiro atoms. The number of halogens is 5. The molecule has 0 aliphatic carbocycles. The number of rotatable bonds is 7. The largest absolute Gasteiger partial charge is 0.293 e. The summed E-state index contributed by atoms with van der Waals surface area (Å²) < 4.78 is 94.1. The molecule has 0 bridgehead atoms. The Morgan fingerprint density at radius 3 is 1.80 bits per heavy atom. The molecule has 0 saturated carbocycles. The van der Waals surface area contributed by atoms with E-state index in [4.69, 9.17) is 0 Å². The van der Waals surface area contributed by atoms with Crippen molar-refractivity contribution >= 4 is 21.6 Å². The first kappa shape index (κ1) is 23.5. The van der Waals surface area contributed by atoms with E-state index in [0.29, 0.717) is 0 Å². The molecule has 1 atom stereocenters. The quantitative estimate of drug-likeness (QED) is 0.261. The lowest BCUT2D eigenvalue weighted by Crippen LogP contribution is -2.51. The van der Waals surface area contributed by atoms with Gasteiger partial charge in [-0.15, -0.1) is 0 Å². The summed E-state index contributed by atoms with van der Waals surface area (Å²) in [5.41, 5.74) is 2.72. The minimum Gasteiger partial charge on any atom is -0.293 e. The Labute approximate surface area is 169 Å². The van der Waals surface area contributed by atoms with E-state index in [2.05, 4.69) is 4.72 Å². The fourth-order valence-corrected chi connectivity index (χ4v) is 3.71. The van der Waals surface area contributed by atoms with Crippen LogP contribution in [0.2, 0.25) is 0 Å². The van der Waals surface area contributed by atoms with Crippen LogP contribution < -0.4 is 15.6 Å². The minimum atomic E-state index is -4.14. The molecule has 0 fully saturated rings.